The first-order valence-corrected chi connectivity index (χ1v) is 5.34. The van der Waals surface area contributed by atoms with Gasteiger partial charge in [-0.2, -0.15) is 0 Å². The Kier molecular flexibility index (Phi) is 11.1. The molecular weight excluding hydrogens is 192 g/mol. The number of nitrogens with zero attached hydrogens (tertiary/aromatic N) is 2. The van der Waals surface area contributed by atoms with E-state index in [9.17, 15) is 4.79 Å². The molecule has 1 N–H and O–H groups in total. The van der Waals surface area contributed by atoms with E-state index >= 15 is 0 Å². The van der Waals surface area contributed by atoms with Crippen molar-refractivity contribution < 1.29 is 9.90 Å². The third kappa shape index (κ3) is 16.1. The minimum Gasteiger partial charge on any atom is -0.481 e. The summed E-state index contributed by atoms with van der Waals surface area (Å²) in [7, 11) is 8.41. The van der Waals surface area contributed by atoms with Crippen molar-refractivity contribution >= 4 is 5.97 Å². The van der Waals surface area contributed by atoms with E-state index in [-0.39, 0.29) is 0 Å². The van der Waals surface area contributed by atoms with E-state index in [1.54, 1.807) is 0 Å². The van der Waals surface area contributed by atoms with Crippen molar-refractivity contribution in [3.63, 3.8) is 0 Å². The molecular formula is C11H26N2O2. The highest BCUT2D eigenvalue weighted by molar-refractivity contribution is 5.66. The third-order valence-electron chi connectivity index (χ3n) is 1.97. The molecule has 4 nitrogen and oxygen atoms in total. The fourth-order valence-corrected chi connectivity index (χ4v) is 0.906. The van der Waals surface area contributed by atoms with Gasteiger partial charge in [0, 0.05) is 19.0 Å². The molecule has 0 aromatic rings. The molecule has 0 saturated carbocycles. The Labute approximate surface area is 93.9 Å². The quantitative estimate of drug-likeness (QED) is 0.757. The van der Waals surface area contributed by atoms with Crippen molar-refractivity contribution in [3.8, 4) is 0 Å². The molecule has 0 heterocycles. The predicted molar refractivity (Wildman–Crippen MR) is 64.2 cm³/mol. The van der Waals surface area contributed by atoms with Gasteiger partial charge in [-0.3, -0.25) is 4.79 Å². The summed E-state index contributed by atoms with van der Waals surface area (Å²) in [6, 6.07) is 0.653. The van der Waals surface area contributed by atoms with E-state index in [0.717, 1.165) is 13.0 Å². The van der Waals surface area contributed by atoms with Gasteiger partial charge in [0.2, 0.25) is 0 Å². The first-order valence-electron chi connectivity index (χ1n) is 5.34. The average molecular weight is 218 g/mol. The van der Waals surface area contributed by atoms with Gasteiger partial charge in [-0.15, -0.1) is 0 Å². The van der Waals surface area contributed by atoms with Crippen molar-refractivity contribution in [1.29, 1.82) is 0 Å². The fraction of sp³-hybridized carbons (Fsp3) is 0.909. The number of hydrogen-bond acceptors (Lipinski definition) is 3. The predicted octanol–water partition coefficient (Wildman–Crippen LogP) is 1.37. The maximum atomic E-state index is 9.60. The lowest BCUT2D eigenvalue weighted by molar-refractivity contribution is -0.137. The number of aliphatic carboxylic acids is 1. The highest BCUT2D eigenvalue weighted by Crippen LogP contribution is 1.91. The van der Waals surface area contributed by atoms with Crippen LogP contribution in [0.2, 0.25) is 0 Å². The normalized spacial score (nSPS) is 12.3. The van der Waals surface area contributed by atoms with E-state index in [2.05, 4.69) is 44.9 Å². The van der Waals surface area contributed by atoms with Gasteiger partial charge in [-0.1, -0.05) is 6.92 Å². The van der Waals surface area contributed by atoms with Gasteiger partial charge in [0.25, 0.3) is 0 Å². The summed E-state index contributed by atoms with van der Waals surface area (Å²) in [5.74, 6) is -0.711. The van der Waals surface area contributed by atoms with Crippen LogP contribution in [0.5, 0.6) is 0 Å². The SMILES string of the molecule is CC(CN(C)C)N(C)C.CCCC(=O)O. The molecule has 0 spiro atoms. The molecule has 15 heavy (non-hydrogen) atoms. The molecule has 0 aliphatic carbocycles. The zero-order chi connectivity index (χ0) is 12.4. The number of likely N-dealkylation sites (N-methyl/N-ethyl adjacent to an activating group) is 2. The molecule has 0 rings (SSSR count). The summed E-state index contributed by atoms with van der Waals surface area (Å²) in [5.41, 5.74) is 0. The molecule has 0 aliphatic rings. The maximum absolute atomic E-state index is 9.60. The highest BCUT2D eigenvalue weighted by Gasteiger charge is 2.03. The van der Waals surface area contributed by atoms with Crippen LogP contribution >= 0.6 is 0 Å². The van der Waals surface area contributed by atoms with Crippen LogP contribution in [-0.2, 0) is 4.79 Å². The van der Waals surface area contributed by atoms with Crippen LogP contribution in [0.25, 0.3) is 0 Å². The van der Waals surface area contributed by atoms with Crippen LogP contribution in [0.3, 0.4) is 0 Å². The van der Waals surface area contributed by atoms with Crippen molar-refractivity contribution in [3.05, 3.63) is 0 Å². The average Bonchev–Trinajstić information content (AvgIpc) is 2.03. The van der Waals surface area contributed by atoms with Crippen LogP contribution in [-0.4, -0.2) is 61.7 Å². The second-order valence-corrected chi connectivity index (χ2v) is 4.22. The summed E-state index contributed by atoms with van der Waals surface area (Å²) in [4.78, 5) is 14.0. The molecule has 1 unspecified atom stereocenters. The summed E-state index contributed by atoms with van der Waals surface area (Å²) in [6.07, 6.45) is 1.02. The largest absolute Gasteiger partial charge is 0.481 e. The molecule has 0 bridgehead atoms. The van der Waals surface area contributed by atoms with Gasteiger partial charge in [-0.05, 0) is 41.5 Å². The summed E-state index contributed by atoms with van der Waals surface area (Å²) in [6.45, 7) is 5.20. The Balaban J connectivity index is 0. The van der Waals surface area contributed by atoms with Crippen LogP contribution in [0.15, 0.2) is 0 Å². The zero-order valence-electron chi connectivity index (χ0n) is 10.9. The minimum absolute atomic E-state index is 0.292. The lowest BCUT2D eigenvalue weighted by Crippen LogP contribution is -2.34. The van der Waals surface area contributed by atoms with E-state index in [0.29, 0.717) is 12.5 Å². The standard InChI is InChI=1S/C7H18N2.C4H8O2/c1-7(9(4)5)6-8(2)3;1-2-3-4(5)6/h7H,6H2,1-5H3;2-3H2,1H3,(H,5,6). The smallest absolute Gasteiger partial charge is 0.303 e. The monoisotopic (exact) mass is 218 g/mol. The first kappa shape index (κ1) is 16.8. The van der Waals surface area contributed by atoms with Crippen LogP contribution in [0.1, 0.15) is 26.7 Å². The Morgan fingerprint density at radius 2 is 1.73 bits per heavy atom. The van der Waals surface area contributed by atoms with E-state index in [4.69, 9.17) is 5.11 Å². The van der Waals surface area contributed by atoms with Gasteiger partial charge in [0.15, 0.2) is 0 Å². The van der Waals surface area contributed by atoms with Crippen LogP contribution < -0.4 is 0 Å². The molecule has 1 atom stereocenters. The van der Waals surface area contributed by atoms with E-state index in [1.165, 1.54) is 0 Å². The van der Waals surface area contributed by atoms with Crippen molar-refractivity contribution in [1.82, 2.24) is 9.80 Å². The van der Waals surface area contributed by atoms with Gasteiger partial charge >= 0.3 is 5.97 Å². The third-order valence-corrected chi connectivity index (χ3v) is 1.97. The minimum atomic E-state index is -0.711. The second kappa shape index (κ2) is 9.93. The van der Waals surface area contributed by atoms with Gasteiger partial charge in [-0.25, -0.2) is 0 Å². The van der Waals surface area contributed by atoms with Gasteiger partial charge in [0.05, 0.1) is 0 Å². The number of hydrogen-bond donors (Lipinski definition) is 1. The van der Waals surface area contributed by atoms with Crippen molar-refractivity contribution in [2.24, 2.45) is 0 Å². The molecule has 0 amide bonds. The molecule has 0 radical (unpaired) electrons. The number of carbonyl (C=O) groups is 1. The molecule has 0 aliphatic heterocycles. The van der Waals surface area contributed by atoms with Gasteiger partial charge < -0.3 is 14.9 Å². The topological polar surface area (TPSA) is 43.8 Å². The van der Waals surface area contributed by atoms with Crippen LogP contribution in [0.4, 0.5) is 0 Å². The van der Waals surface area contributed by atoms with Crippen LogP contribution in [0, 0.1) is 0 Å². The first-order chi connectivity index (χ1) is 6.81. The summed E-state index contributed by atoms with van der Waals surface area (Å²) < 4.78 is 0. The molecule has 0 saturated heterocycles. The van der Waals surface area contributed by atoms with Crippen molar-refractivity contribution in [2.75, 3.05) is 34.7 Å². The Morgan fingerprint density at radius 1 is 1.27 bits per heavy atom. The number of rotatable bonds is 5. The molecule has 4 heteroatoms. The number of carboxylic acid groups (broad SMARTS) is 1. The van der Waals surface area contributed by atoms with E-state index in [1.807, 2.05) is 6.92 Å². The number of carboxylic acids is 1. The Morgan fingerprint density at radius 3 is 1.80 bits per heavy atom. The molecule has 0 aromatic carbocycles. The maximum Gasteiger partial charge on any atom is 0.303 e. The zero-order valence-corrected chi connectivity index (χ0v) is 10.9. The summed E-state index contributed by atoms with van der Waals surface area (Å²) >= 11 is 0. The lowest BCUT2D eigenvalue weighted by atomic mass is 10.3. The molecule has 0 fully saturated rings. The van der Waals surface area contributed by atoms with Gasteiger partial charge in [0.1, 0.15) is 0 Å². The van der Waals surface area contributed by atoms with Crippen molar-refractivity contribution in [2.45, 2.75) is 32.7 Å². The van der Waals surface area contributed by atoms with E-state index < -0.39 is 5.97 Å². The molecule has 92 valence electrons. The molecule has 0 aromatic heterocycles. The fourth-order valence-electron chi connectivity index (χ4n) is 0.906. The Bertz CT molecular complexity index is 159. The highest BCUT2D eigenvalue weighted by atomic mass is 16.4. The summed E-state index contributed by atoms with van der Waals surface area (Å²) in [5, 5.41) is 7.91. The second-order valence-electron chi connectivity index (χ2n) is 4.22. The lowest BCUT2D eigenvalue weighted by Gasteiger charge is -2.22. The Hall–Kier alpha value is -0.610.